The van der Waals surface area contributed by atoms with Crippen LogP contribution in [0.5, 0.6) is 0 Å². The largest absolute Gasteiger partial charge is 0.261 e. The molecule has 1 atom stereocenters. The minimum atomic E-state index is -1.19. The molecule has 0 spiro atoms. The summed E-state index contributed by atoms with van der Waals surface area (Å²) in [6.07, 6.45) is -0.806. The van der Waals surface area contributed by atoms with E-state index in [0.29, 0.717) is 6.42 Å². The van der Waals surface area contributed by atoms with Crippen molar-refractivity contribution in [2.24, 2.45) is 5.92 Å². The second-order valence-electron chi connectivity index (χ2n) is 2.43. The highest BCUT2D eigenvalue weighted by atomic mass is 19.1. The Balaban J connectivity index is 3.15. The molecule has 0 saturated carbocycles. The summed E-state index contributed by atoms with van der Waals surface area (Å²) in [6, 6.07) is 0. The first-order chi connectivity index (χ1) is 4.16. The molecule has 0 radical (unpaired) electrons. The minimum Gasteiger partial charge on any atom is -0.261 e. The molecule has 0 rings (SSSR count). The molecule has 9 heavy (non-hydrogen) atoms. The van der Waals surface area contributed by atoms with Gasteiger partial charge in [-0.05, 0) is 12.3 Å². The van der Waals surface area contributed by atoms with Crippen molar-refractivity contribution in [3.05, 3.63) is 0 Å². The lowest BCUT2D eigenvalue weighted by Crippen LogP contribution is -2.24. The molecule has 0 aliphatic rings. The maximum absolute atomic E-state index is 12.3. The zero-order valence-electron chi connectivity index (χ0n) is 5.82. The van der Waals surface area contributed by atoms with Gasteiger partial charge in [0, 0.05) is 0 Å². The molecule has 0 aromatic rings. The molecule has 1 unspecified atom stereocenters. The molecule has 3 heteroatoms. The SMILES string of the molecule is CC(C)CC(F)NCF. The Morgan fingerprint density at radius 1 is 1.44 bits per heavy atom. The van der Waals surface area contributed by atoms with Crippen LogP contribution in [0.25, 0.3) is 0 Å². The van der Waals surface area contributed by atoms with Crippen LogP contribution in [0.3, 0.4) is 0 Å². The molecule has 0 amide bonds. The Bertz CT molecular complexity index is 66.1. The molecule has 0 fully saturated rings. The van der Waals surface area contributed by atoms with E-state index in [1.54, 1.807) is 0 Å². The Labute approximate surface area is 54.4 Å². The second-order valence-corrected chi connectivity index (χ2v) is 2.43. The van der Waals surface area contributed by atoms with Crippen LogP contribution in [0.1, 0.15) is 20.3 Å². The molecule has 0 bridgehead atoms. The van der Waals surface area contributed by atoms with Crippen molar-refractivity contribution in [2.45, 2.75) is 26.6 Å². The van der Waals surface area contributed by atoms with E-state index in [4.69, 9.17) is 0 Å². The monoisotopic (exact) mass is 137 g/mol. The average Bonchev–Trinajstić information content (AvgIpc) is 1.63. The van der Waals surface area contributed by atoms with Crippen LogP contribution in [0.2, 0.25) is 0 Å². The van der Waals surface area contributed by atoms with Crippen molar-refractivity contribution in [3.8, 4) is 0 Å². The highest BCUT2D eigenvalue weighted by Gasteiger charge is 2.05. The normalized spacial score (nSPS) is 14.3. The van der Waals surface area contributed by atoms with Crippen LogP contribution in [0, 0.1) is 5.92 Å². The number of alkyl halides is 2. The number of hydrogen-bond acceptors (Lipinski definition) is 1. The van der Waals surface area contributed by atoms with Crippen LogP contribution in [-0.2, 0) is 0 Å². The lowest BCUT2D eigenvalue weighted by atomic mass is 10.1. The van der Waals surface area contributed by atoms with E-state index in [9.17, 15) is 8.78 Å². The minimum absolute atomic E-state index is 0.277. The van der Waals surface area contributed by atoms with Crippen molar-refractivity contribution >= 4 is 0 Å². The Morgan fingerprint density at radius 2 is 2.00 bits per heavy atom. The van der Waals surface area contributed by atoms with Gasteiger partial charge in [0.05, 0.1) is 0 Å². The molecular weight excluding hydrogens is 124 g/mol. The molecule has 1 nitrogen and oxygen atoms in total. The highest BCUT2D eigenvalue weighted by Crippen LogP contribution is 2.04. The molecule has 0 saturated heterocycles. The second kappa shape index (κ2) is 4.68. The first-order valence-corrected chi connectivity index (χ1v) is 3.10. The van der Waals surface area contributed by atoms with Crippen LogP contribution in [0.15, 0.2) is 0 Å². The van der Waals surface area contributed by atoms with Gasteiger partial charge in [0.25, 0.3) is 0 Å². The summed E-state index contributed by atoms with van der Waals surface area (Å²) in [4.78, 5) is 0. The zero-order valence-corrected chi connectivity index (χ0v) is 5.82. The summed E-state index contributed by atoms with van der Waals surface area (Å²) >= 11 is 0. The van der Waals surface area contributed by atoms with Gasteiger partial charge in [0.15, 0.2) is 6.30 Å². The molecule has 0 aromatic heterocycles. The summed E-state index contributed by atoms with van der Waals surface area (Å²) in [6.45, 7) is 3.01. The van der Waals surface area contributed by atoms with E-state index < -0.39 is 13.1 Å². The van der Waals surface area contributed by atoms with Gasteiger partial charge >= 0.3 is 0 Å². The number of halogens is 2. The zero-order chi connectivity index (χ0) is 7.28. The van der Waals surface area contributed by atoms with Gasteiger partial charge in [-0.15, -0.1) is 0 Å². The van der Waals surface area contributed by atoms with Gasteiger partial charge < -0.3 is 0 Å². The molecule has 0 aliphatic carbocycles. The first kappa shape index (κ1) is 8.82. The third-order valence-corrected chi connectivity index (χ3v) is 0.977. The van der Waals surface area contributed by atoms with E-state index in [1.807, 2.05) is 19.2 Å². The third-order valence-electron chi connectivity index (χ3n) is 0.977. The Kier molecular flexibility index (Phi) is 4.58. The topological polar surface area (TPSA) is 12.0 Å². The maximum atomic E-state index is 12.3. The van der Waals surface area contributed by atoms with E-state index >= 15 is 0 Å². The van der Waals surface area contributed by atoms with Gasteiger partial charge in [-0.25, -0.2) is 8.78 Å². The van der Waals surface area contributed by atoms with Crippen LogP contribution in [-0.4, -0.2) is 13.1 Å². The van der Waals surface area contributed by atoms with Gasteiger partial charge in [0.2, 0.25) is 0 Å². The summed E-state index contributed by atoms with van der Waals surface area (Å²) in [5, 5.41) is 2.04. The van der Waals surface area contributed by atoms with Crippen LogP contribution >= 0.6 is 0 Å². The highest BCUT2D eigenvalue weighted by molar-refractivity contribution is 4.53. The first-order valence-electron chi connectivity index (χ1n) is 3.10. The van der Waals surface area contributed by atoms with Crippen LogP contribution < -0.4 is 5.32 Å². The smallest absolute Gasteiger partial charge is 0.153 e. The molecule has 0 aromatic carbocycles. The number of nitrogens with one attached hydrogen (secondary N) is 1. The fraction of sp³-hybridized carbons (Fsp3) is 1.00. The Hall–Kier alpha value is -0.180. The van der Waals surface area contributed by atoms with Gasteiger partial charge in [-0.3, -0.25) is 5.32 Å². The van der Waals surface area contributed by atoms with Crippen molar-refractivity contribution in [3.63, 3.8) is 0 Å². The standard InChI is InChI=1S/C6H13F2N/c1-5(2)3-6(8)9-4-7/h5-6,9H,3-4H2,1-2H3. The van der Waals surface area contributed by atoms with E-state index in [1.165, 1.54) is 0 Å². The van der Waals surface area contributed by atoms with Crippen molar-refractivity contribution in [2.75, 3.05) is 6.80 Å². The van der Waals surface area contributed by atoms with Gasteiger partial charge in [-0.2, -0.15) is 0 Å². The van der Waals surface area contributed by atoms with Crippen molar-refractivity contribution in [1.29, 1.82) is 0 Å². The molecule has 0 aliphatic heterocycles. The summed E-state index contributed by atoms with van der Waals surface area (Å²) in [5.41, 5.74) is 0. The molecule has 1 N–H and O–H groups in total. The van der Waals surface area contributed by atoms with E-state index in [-0.39, 0.29) is 5.92 Å². The predicted octanol–water partition coefficient (Wildman–Crippen LogP) is 1.84. The molecule has 56 valence electrons. The average molecular weight is 137 g/mol. The maximum Gasteiger partial charge on any atom is 0.153 e. The third kappa shape index (κ3) is 5.69. The summed E-state index contributed by atoms with van der Waals surface area (Å²) < 4.78 is 23.6. The molecule has 0 heterocycles. The number of rotatable bonds is 4. The van der Waals surface area contributed by atoms with Gasteiger partial charge in [0.1, 0.15) is 6.80 Å². The quantitative estimate of drug-likeness (QED) is 0.583. The Morgan fingerprint density at radius 3 is 2.33 bits per heavy atom. The fourth-order valence-corrected chi connectivity index (χ4v) is 0.581. The summed E-state index contributed by atoms with van der Waals surface area (Å²) in [7, 11) is 0. The summed E-state index contributed by atoms with van der Waals surface area (Å²) in [5.74, 6) is 0.277. The predicted molar refractivity (Wildman–Crippen MR) is 33.5 cm³/mol. The van der Waals surface area contributed by atoms with Gasteiger partial charge in [-0.1, -0.05) is 13.8 Å². The fourth-order valence-electron chi connectivity index (χ4n) is 0.581. The molecular formula is C6H13F2N. The van der Waals surface area contributed by atoms with Crippen molar-refractivity contribution in [1.82, 2.24) is 5.32 Å². The lowest BCUT2D eigenvalue weighted by molar-refractivity contribution is 0.205. The number of hydrogen-bond donors (Lipinski definition) is 1. The lowest BCUT2D eigenvalue weighted by Gasteiger charge is -2.08. The van der Waals surface area contributed by atoms with Crippen LogP contribution in [0.4, 0.5) is 8.78 Å². The van der Waals surface area contributed by atoms with E-state index in [0.717, 1.165) is 0 Å². The van der Waals surface area contributed by atoms with E-state index in [2.05, 4.69) is 0 Å². The van der Waals surface area contributed by atoms with Crippen molar-refractivity contribution < 1.29 is 8.78 Å².